The fourth-order valence-corrected chi connectivity index (χ4v) is 2.71. The maximum atomic E-state index is 12.0. The van der Waals surface area contributed by atoms with Crippen LogP contribution in [0, 0.1) is 0 Å². The number of carbonyl (C=O) groups excluding carboxylic acids is 2. The second-order valence-electron chi connectivity index (χ2n) is 5.97. The fraction of sp³-hybridized carbons (Fsp3) is 0.300. The van der Waals surface area contributed by atoms with E-state index in [-0.39, 0.29) is 25.0 Å². The summed E-state index contributed by atoms with van der Waals surface area (Å²) in [5.74, 6) is -0.0522. The van der Waals surface area contributed by atoms with E-state index in [2.05, 4.69) is 5.32 Å². The van der Waals surface area contributed by atoms with Gasteiger partial charge in [0, 0.05) is 6.42 Å². The minimum Gasteiger partial charge on any atom is -0.497 e. The monoisotopic (exact) mass is 409 g/mol. The van der Waals surface area contributed by atoms with E-state index in [4.69, 9.17) is 32.7 Å². The third-order valence-corrected chi connectivity index (χ3v) is 4.70. The molecule has 1 atom stereocenters. The molecule has 0 aliphatic heterocycles. The topological polar surface area (TPSA) is 64.6 Å². The van der Waals surface area contributed by atoms with Gasteiger partial charge in [-0.1, -0.05) is 41.4 Å². The second kappa shape index (κ2) is 10.2. The van der Waals surface area contributed by atoms with E-state index < -0.39 is 5.97 Å². The summed E-state index contributed by atoms with van der Waals surface area (Å²) in [6.07, 6.45) is 0.728. The van der Waals surface area contributed by atoms with Gasteiger partial charge < -0.3 is 14.8 Å². The van der Waals surface area contributed by atoms with Crippen LogP contribution in [0.4, 0.5) is 0 Å². The molecule has 27 heavy (non-hydrogen) atoms. The molecular weight excluding hydrogens is 389 g/mol. The molecule has 0 aliphatic rings. The first kappa shape index (κ1) is 21.1. The third kappa shape index (κ3) is 6.77. The molecule has 2 aromatic carbocycles. The van der Waals surface area contributed by atoms with Gasteiger partial charge in [0.15, 0.2) is 6.61 Å². The number of carbonyl (C=O) groups is 2. The smallest absolute Gasteiger partial charge is 0.306 e. The second-order valence-corrected chi connectivity index (χ2v) is 6.79. The molecule has 0 aliphatic carbocycles. The first-order valence-corrected chi connectivity index (χ1v) is 9.17. The van der Waals surface area contributed by atoms with Crippen LogP contribution in [0.2, 0.25) is 10.0 Å². The van der Waals surface area contributed by atoms with Crippen molar-refractivity contribution in [1.29, 1.82) is 0 Å². The van der Waals surface area contributed by atoms with Crippen molar-refractivity contribution in [3.63, 3.8) is 0 Å². The maximum absolute atomic E-state index is 12.0. The van der Waals surface area contributed by atoms with E-state index in [0.29, 0.717) is 16.5 Å². The molecule has 0 bridgehead atoms. The van der Waals surface area contributed by atoms with Crippen LogP contribution in [-0.4, -0.2) is 25.6 Å². The number of hydrogen-bond acceptors (Lipinski definition) is 4. The van der Waals surface area contributed by atoms with Crippen molar-refractivity contribution in [2.75, 3.05) is 13.7 Å². The molecule has 5 nitrogen and oxygen atoms in total. The van der Waals surface area contributed by atoms with E-state index in [0.717, 1.165) is 16.9 Å². The SMILES string of the molecule is COc1ccc(CCC(=O)OCC(=O)N[C@@H](C)c2ccc(Cl)c(Cl)c2)cc1. The maximum Gasteiger partial charge on any atom is 0.306 e. The van der Waals surface area contributed by atoms with Gasteiger partial charge in [0.1, 0.15) is 5.75 Å². The number of aryl methyl sites for hydroxylation is 1. The lowest BCUT2D eigenvalue weighted by atomic mass is 10.1. The van der Waals surface area contributed by atoms with Crippen molar-refractivity contribution in [3.8, 4) is 5.75 Å². The molecule has 0 fully saturated rings. The Balaban J connectivity index is 1.73. The molecule has 1 N–H and O–H groups in total. The summed E-state index contributed by atoms with van der Waals surface area (Å²) >= 11 is 11.9. The van der Waals surface area contributed by atoms with Gasteiger partial charge in [-0.3, -0.25) is 9.59 Å². The highest BCUT2D eigenvalue weighted by molar-refractivity contribution is 6.42. The molecule has 0 aromatic heterocycles. The summed E-state index contributed by atoms with van der Waals surface area (Å²) in [6.45, 7) is 1.48. The average Bonchev–Trinajstić information content (AvgIpc) is 2.67. The third-order valence-electron chi connectivity index (χ3n) is 3.96. The zero-order chi connectivity index (χ0) is 19.8. The van der Waals surface area contributed by atoms with E-state index in [9.17, 15) is 9.59 Å². The molecule has 2 rings (SSSR count). The Morgan fingerprint density at radius 2 is 1.78 bits per heavy atom. The highest BCUT2D eigenvalue weighted by Crippen LogP contribution is 2.25. The van der Waals surface area contributed by atoms with E-state index in [1.165, 1.54) is 0 Å². The number of hydrogen-bond donors (Lipinski definition) is 1. The number of benzene rings is 2. The van der Waals surface area contributed by atoms with Crippen molar-refractivity contribution in [3.05, 3.63) is 63.6 Å². The lowest BCUT2D eigenvalue weighted by Crippen LogP contribution is -2.31. The van der Waals surface area contributed by atoms with E-state index >= 15 is 0 Å². The summed E-state index contributed by atoms with van der Waals surface area (Å²) < 4.78 is 10.1. The highest BCUT2D eigenvalue weighted by atomic mass is 35.5. The molecule has 0 saturated carbocycles. The minimum absolute atomic E-state index is 0.196. The van der Waals surface area contributed by atoms with Crippen LogP contribution in [0.25, 0.3) is 0 Å². The van der Waals surface area contributed by atoms with Crippen LogP contribution >= 0.6 is 23.2 Å². The zero-order valence-corrected chi connectivity index (χ0v) is 16.6. The molecule has 2 aromatic rings. The van der Waals surface area contributed by atoms with E-state index in [1.54, 1.807) is 25.3 Å². The zero-order valence-electron chi connectivity index (χ0n) is 15.1. The van der Waals surface area contributed by atoms with Crippen LogP contribution in [0.1, 0.15) is 30.5 Å². The van der Waals surface area contributed by atoms with Gasteiger partial charge in [0.2, 0.25) is 0 Å². The highest BCUT2D eigenvalue weighted by Gasteiger charge is 2.13. The molecule has 7 heteroatoms. The lowest BCUT2D eigenvalue weighted by Gasteiger charge is -2.15. The van der Waals surface area contributed by atoms with Gasteiger partial charge in [0.05, 0.1) is 23.2 Å². The normalized spacial score (nSPS) is 11.6. The molecule has 0 spiro atoms. The Kier molecular flexibility index (Phi) is 7.95. The number of rotatable bonds is 8. The molecule has 0 heterocycles. The van der Waals surface area contributed by atoms with Crippen LogP contribution in [0.15, 0.2) is 42.5 Å². The van der Waals surface area contributed by atoms with Gasteiger partial charge in [0.25, 0.3) is 5.91 Å². The Morgan fingerprint density at radius 1 is 1.07 bits per heavy atom. The number of amides is 1. The number of halogens is 2. The molecule has 0 radical (unpaired) electrons. The number of methoxy groups -OCH3 is 1. The number of ether oxygens (including phenoxy) is 2. The van der Waals surface area contributed by atoms with Crippen molar-refractivity contribution >= 4 is 35.1 Å². The Hall–Kier alpha value is -2.24. The lowest BCUT2D eigenvalue weighted by molar-refractivity contribution is -0.148. The molecule has 1 amide bonds. The summed E-state index contributed by atoms with van der Waals surface area (Å²) in [6, 6.07) is 12.3. The fourth-order valence-electron chi connectivity index (χ4n) is 2.41. The number of esters is 1. The van der Waals surface area contributed by atoms with Crippen molar-refractivity contribution in [1.82, 2.24) is 5.32 Å². The van der Waals surface area contributed by atoms with Crippen LogP contribution in [0.3, 0.4) is 0 Å². The van der Waals surface area contributed by atoms with Gasteiger partial charge in [-0.15, -0.1) is 0 Å². The first-order chi connectivity index (χ1) is 12.9. The Bertz CT molecular complexity index is 793. The average molecular weight is 410 g/mol. The molecule has 0 saturated heterocycles. The predicted molar refractivity (Wildman–Crippen MR) is 105 cm³/mol. The van der Waals surface area contributed by atoms with Crippen molar-refractivity contribution < 1.29 is 19.1 Å². The number of nitrogens with one attached hydrogen (secondary N) is 1. The largest absolute Gasteiger partial charge is 0.497 e. The van der Waals surface area contributed by atoms with Crippen LogP contribution in [-0.2, 0) is 20.7 Å². The van der Waals surface area contributed by atoms with Gasteiger partial charge >= 0.3 is 5.97 Å². The standard InChI is InChI=1S/C20H21Cl2NO4/c1-13(15-6-9-17(21)18(22)11-15)23-19(24)12-27-20(25)10-5-14-3-7-16(26-2)8-4-14/h3-4,6-9,11,13H,5,10,12H2,1-2H3,(H,23,24)/t13-/m0/s1. The minimum atomic E-state index is -0.428. The van der Waals surface area contributed by atoms with Gasteiger partial charge in [-0.25, -0.2) is 0 Å². The quantitative estimate of drug-likeness (QED) is 0.657. The van der Waals surface area contributed by atoms with Gasteiger partial charge in [-0.05, 0) is 48.7 Å². The first-order valence-electron chi connectivity index (χ1n) is 8.42. The van der Waals surface area contributed by atoms with Crippen molar-refractivity contribution in [2.24, 2.45) is 0 Å². The Morgan fingerprint density at radius 3 is 2.41 bits per heavy atom. The molecular formula is C20H21Cl2NO4. The summed E-state index contributed by atoms with van der Waals surface area (Å²) in [5, 5.41) is 3.62. The molecule has 0 unspecified atom stereocenters. The predicted octanol–water partition coefficient (Wildman–Crippen LogP) is 4.36. The summed E-state index contributed by atoms with van der Waals surface area (Å²) in [7, 11) is 1.60. The van der Waals surface area contributed by atoms with Crippen LogP contribution < -0.4 is 10.1 Å². The van der Waals surface area contributed by atoms with E-state index in [1.807, 2.05) is 31.2 Å². The van der Waals surface area contributed by atoms with Crippen LogP contribution in [0.5, 0.6) is 5.75 Å². The molecule has 144 valence electrons. The summed E-state index contributed by atoms with van der Waals surface area (Å²) in [5.41, 5.74) is 1.80. The van der Waals surface area contributed by atoms with Crippen molar-refractivity contribution in [2.45, 2.75) is 25.8 Å². The van der Waals surface area contributed by atoms with Gasteiger partial charge in [-0.2, -0.15) is 0 Å². The Labute approximate surface area is 168 Å². The summed E-state index contributed by atoms with van der Waals surface area (Å²) in [4.78, 5) is 23.8.